The molecular weight excluding hydrogens is 340 g/mol. The van der Waals surface area contributed by atoms with E-state index in [1.54, 1.807) is 18.2 Å². The number of nitrogens with zero attached hydrogens (tertiary/aromatic N) is 2. The number of para-hydroxylation sites is 1. The van der Waals surface area contributed by atoms with Gasteiger partial charge in [-0.2, -0.15) is 10.2 Å². The van der Waals surface area contributed by atoms with Gasteiger partial charge in [0.05, 0.1) is 5.71 Å². The maximum Gasteiger partial charge on any atom is 0.275 e. The Morgan fingerprint density at radius 1 is 1.00 bits per heavy atom. The SMILES string of the molecule is Nc1ccccc1C1=NNC2(CC(c3ccccc3Cl)=NN2)C(=O)N1. The molecule has 0 aromatic heterocycles. The average molecular weight is 355 g/mol. The molecule has 0 saturated heterocycles. The Labute approximate surface area is 148 Å². The van der Waals surface area contributed by atoms with E-state index in [2.05, 4.69) is 26.4 Å². The summed E-state index contributed by atoms with van der Waals surface area (Å²) >= 11 is 6.22. The van der Waals surface area contributed by atoms with E-state index in [4.69, 9.17) is 17.3 Å². The number of nitrogen functional groups attached to an aromatic ring is 1. The van der Waals surface area contributed by atoms with Crippen molar-refractivity contribution in [3.8, 4) is 0 Å². The molecule has 25 heavy (non-hydrogen) atoms. The maximum absolute atomic E-state index is 12.7. The van der Waals surface area contributed by atoms with Gasteiger partial charge in [0.2, 0.25) is 5.66 Å². The molecule has 2 aromatic rings. The Morgan fingerprint density at radius 3 is 2.40 bits per heavy atom. The number of carbonyl (C=O) groups excluding carboxylic acids is 1. The number of nitrogens with two attached hydrogens (primary N) is 1. The van der Waals surface area contributed by atoms with Crippen LogP contribution in [0, 0.1) is 0 Å². The fraction of sp³-hybridized carbons (Fsp3) is 0.118. The van der Waals surface area contributed by atoms with Crippen LogP contribution in [0.25, 0.3) is 0 Å². The lowest BCUT2D eigenvalue weighted by Gasteiger charge is -2.31. The minimum absolute atomic E-state index is 0.286. The van der Waals surface area contributed by atoms with Crippen molar-refractivity contribution in [1.29, 1.82) is 0 Å². The topological polar surface area (TPSA) is 104 Å². The lowest BCUT2D eigenvalue weighted by Crippen LogP contribution is -2.65. The first-order chi connectivity index (χ1) is 12.1. The number of hydrogen-bond donors (Lipinski definition) is 4. The molecule has 0 bridgehead atoms. The molecule has 0 saturated carbocycles. The van der Waals surface area contributed by atoms with Crippen molar-refractivity contribution >= 4 is 34.7 Å². The minimum atomic E-state index is -1.14. The zero-order chi connectivity index (χ0) is 17.4. The lowest BCUT2D eigenvalue weighted by atomic mass is 9.98. The van der Waals surface area contributed by atoms with Gasteiger partial charge in [0.1, 0.15) is 0 Å². The summed E-state index contributed by atoms with van der Waals surface area (Å²) in [5, 5.41) is 11.9. The van der Waals surface area contributed by atoms with Gasteiger partial charge in [-0.1, -0.05) is 41.9 Å². The molecule has 0 fully saturated rings. The Bertz CT molecular complexity index is 925. The van der Waals surface area contributed by atoms with Crippen molar-refractivity contribution in [1.82, 2.24) is 16.2 Å². The molecule has 0 aliphatic carbocycles. The predicted molar refractivity (Wildman–Crippen MR) is 97.1 cm³/mol. The first kappa shape index (κ1) is 15.5. The maximum atomic E-state index is 12.7. The van der Waals surface area contributed by atoms with Crippen molar-refractivity contribution in [2.45, 2.75) is 12.1 Å². The molecule has 5 N–H and O–H groups in total. The van der Waals surface area contributed by atoms with Crippen molar-refractivity contribution < 1.29 is 4.79 Å². The molecule has 1 spiro atoms. The number of nitrogens with one attached hydrogen (secondary N) is 3. The smallest absolute Gasteiger partial charge is 0.275 e. The van der Waals surface area contributed by atoms with Crippen LogP contribution in [-0.4, -0.2) is 23.1 Å². The highest BCUT2D eigenvalue weighted by molar-refractivity contribution is 6.34. The molecule has 2 aliphatic heterocycles. The number of anilines is 1. The fourth-order valence-electron chi connectivity index (χ4n) is 2.82. The molecule has 0 radical (unpaired) electrons. The van der Waals surface area contributed by atoms with Crippen molar-refractivity contribution in [3.05, 3.63) is 64.7 Å². The van der Waals surface area contributed by atoms with Gasteiger partial charge in [0, 0.05) is 28.3 Å². The summed E-state index contributed by atoms with van der Waals surface area (Å²) in [6.07, 6.45) is 0.309. The van der Waals surface area contributed by atoms with E-state index in [-0.39, 0.29) is 5.91 Å². The van der Waals surface area contributed by atoms with E-state index in [1.165, 1.54) is 0 Å². The largest absolute Gasteiger partial charge is 0.398 e. The molecule has 2 heterocycles. The average Bonchev–Trinajstić information content (AvgIpc) is 3.04. The minimum Gasteiger partial charge on any atom is -0.398 e. The van der Waals surface area contributed by atoms with Crippen molar-refractivity contribution in [2.75, 3.05) is 5.73 Å². The van der Waals surface area contributed by atoms with Crippen LogP contribution in [0.5, 0.6) is 0 Å². The van der Waals surface area contributed by atoms with Gasteiger partial charge in [0.25, 0.3) is 5.91 Å². The molecule has 1 amide bonds. The third kappa shape index (κ3) is 2.58. The zero-order valence-electron chi connectivity index (χ0n) is 13.1. The van der Waals surface area contributed by atoms with Gasteiger partial charge in [-0.25, -0.2) is 0 Å². The first-order valence-electron chi connectivity index (χ1n) is 7.69. The fourth-order valence-corrected chi connectivity index (χ4v) is 3.07. The van der Waals surface area contributed by atoms with Crippen LogP contribution in [0.4, 0.5) is 5.69 Å². The number of amidine groups is 1. The van der Waals surface area contributed by atoms with Crippen LogP contribution in [0.15, 0.2) is 58.7 Å². The monoisotopic (exact) mass is 354 g/mol. The summed E-state index contributed by atoms with van der Waals surface area (Å²) in [6, 6.07) is 14.6. The van der Waals surface area contributed by atoms with Gasteiger partial charge < -0.3 is 11.1 Å². The van der Waals surface area contributed by atoms with Crippen LogP contribution in [0.2, 0.25) is 5.02 Å². The van der Waals surface area contributed by atoms with E-state index in [0.29, 0.717) is 34.2 Å². The molecule has 4 rings (SSSR count). The molecule has 8 heteroatoms. The van der Waals surface area contributed by atoms with E-state index in [0.717, 1.165) is 5.56 Å². The Morgan fingerprint density at radius 2 is 1.68 bits per heavy atom. The van der Waals surface area contributed by atoms with Crippen molar-refractivity contribution in [2.24, 2.45) is 10.2 Å². The molecule has 2 aromatic carbocycles. The van der Waals surface area contributed by atoms with E-state index < -0.39 is 5.66 Å². The van der Waals surface area contributed by atoms with Gasteiger partial charge in [-0.05, 0) is 18.2 Å². The standard InChI is InChI=1S/C17H15ClN6O/c18-12-7-3-1-5-10(12)14-9-17(23-21-14)16(25)20-15(22-24-17)11-6-2-4-8-13(11)19/h1-8,23-24H,9,19H2,(H,20,22,25). The molecule has 126 valence electrons. The first-order valence-corrected chi connectivity index (χ1v) is 8.07. The third-order valence-corrected chi connectivity index (χ3v) is 4.52. The number of hydrogen-bond acceptors (Lipinski definition) is 6. The number of amides is 1. The Kier molecular flexibility index (Phi) is 3.58. The normalized spacial score (nSPS) is 21.9. The van der Waals surface area contributed by atoms with Gasteiger partial charge in [-0.15, -0.1) is 0 Å². The zero-order valence-corrected chi connectivity index (χ0v) is 13.8. The van der Waals surface area contributed by atoms with E-state index >= 15 is 0 Å². The van der Waals surface area contributed by atoms with E-state index in [1.807, 2.05) is 30.3 Å². The molecule has 7 nitrogen and oxygen atoms in total. The summed E-state index contributed by atoms with van der Waals surface area (Å²) < 4.78 is 0. The Hall–Kier alpha value is -3.06. The van der Waals surface area contributed by atoms with Gasteiger partial charge in [-0.3, -0.25) is 15.6 Å². The third-order valence-electron chi connectivity index (χ3n) is 4.19. The second-order valence-corrected chi connectivity index (χ2v) is 6.25. The highest BCUT2D eigenvalue weighted by Gasteiger charge is 2.46. The number of halogens is 1. The number of rotatable bonds is 2. The predicted octanol–water partition coefficient (Wildman–Crippen LogP) is 1.40. The van der Waals surface area contributed by atoms with Crippen molar-refractivity contribution in [3.63, 3.8) is 0 Å². The molecule has 1 atom stereocenters. The number of benzene rings is 2. The summed E-state index contributed by atoms with van der Waals surface area (Å²) in [6.45, 7) is 0. The van der Waals surface area contributed by atoms with Crippen LogP contribution in [0.1, 0.15) is 17.5 Å². The second-order valence-electron chi connectivity index (χ2n) is 5.85. The summed E-state index contributed by atoms with van der Waals surface area (Å²) in [4.78, 5) is 12.7. The molecular formula is C17H15ClN6O. The van der Waals surface area contributed by atoms with Gasteiger partial charge in [0.15, 0.2) is 5.84 Å². The molecule has 1 unspecified atom stereocenters. The van der Waals surface area contributed by atoms with Crippen LogP contribution in [-0.2, 0) is 4.79 Å². The summed E-state index contributed by atoms with van der Waals surface area (Å²) in [5.41, 5.74) is 13.2. The van der Waals surface area contributed by atoms with Gasteiger partial charge >= 0.3 is 0 Å². The van der Waals surface area contributed by atoms with Crippen LogP contribution < -0.4 is 21.9 Å². The van der Waals surface area contributed by atoms with Crippen LogP contribution >= 0.6 is 11.6 Å². The lowest BCUT2D eigenvalue weighted by molar-refractivity contribution is -0.127. The quantitative estimate of drug-likeness (QED) is 0.612. The second kappa shape index (κ2) is 5.78. The van der Waals surface area contributed by atoms with Crippen LogP contribution in [0.3, 0.4) is 0 Å². The highest BCUT2D eigenvalue weighted by Crippen LogP contribution is 2.26. The highest BCUT2D eigenvalue weighted by atomic mass is 35.5. The van der Waals surface area contributed by atoms with E-state index in [9.17, 15) is 4.79 Å². The summed E-state index contributed by atoms with van der Waals surface area (Å²) in [5.74, 6) is 0.0910. The number of hydrazone groups is 2. The number of carbonyl (C=O) groups is 1. The Balaban J connectivity index is 1.59. The summed E-state index contributed by atoms with van der Waals surface area (Å²) in [7, 11) is 0. The molecule has 2 aliphatic rings.